The summed E-state index contributed by atoms with van der Waals surface area (Å²) in [5, 5.41) is 9.50. The van der Waals surface area contributed by atoms with Crippen molar-refractivity contribution in [2.24, 2.45) is 0 Å². The van der Waals surface area contributed by atoms with E-state index < -0.39 is 0 Å². The Hall–Kier alpha value is -2.94. The molecule has 2 aromatic heterocycles. The van der Waals surface area contributed by atoms with Crippen LogP contribution in [0.25, 0.3) is 0 Å². The summed E-state index contributed by atoms with van der Waals surface area (Å²) in [6.45, 7) is 1.78. The molecule has 2 rings (SSSR count). The van der Waals surface area contributed by atoms with Gasteiger partial charge in [-0.15, -0.1) is 0 Å². The first kappa shape index (κ1) is 19.4. The second-order valence-electron chi connectivity index (χ2n) is 6.05. The first-order chi connectivity index (χ1) is 12.5. The van der Waals surface area contributed by atoms with E-state index >= 15 is 0 Å². The lowest BCUT2D eigenvalue weighted by Gasteiger charge is -2.24. The zero-order valence-corrected chi connectivity index (χ0v) is 15.3. The van der Waals surface area contributed by atoms with Crippen LogP contribution in [0.1, 0.15) is 5.69 Å². The molecule has 0 aliphatic heterocycles. The number of likely N-dealkylation sites (N-methyl/N-ethyl adjacent to an activating group) is 2. The number of aromatic nitrogens is 3. The van der Waals surface area contributed by atoms with Crippen LogP contribution < -0.4 is 10.6 Å². The lowest BCUT2D eigenvalue weighted by atomic mass is 10.3. The average Bonchev–Trinajstić information content (AvgIpc) is 3.05. The fourth-order valence-electron chi connectivity index (χ4n) is 2.19. The molecule has 9 nitrogen and oxygen atoms in total. The van der Waals surface area contributed by atoms with Crippen molar-refractivity contribution in [2.75, 3.05) is 39.5 Å². The number of carbonyl (C=O) groups excluding carboxylic acids is 2. The number of urea groups is 1. The number of rotatable bonds is 8. The summed E-state index contributed by atoms with van der Waals surface area (Å²) in [6.07, 6.45) is 3.35. The van der Waals surface area contributed by atoms with E-state index in [4.69, 9.17) is 0 Å². The van der Waals surface area contributed by atoms with Crippen LogP contribution in [0, 0.1) is 0 Å². The molecule has 0 aliphatic carbocycles. The van der Waals surface area contributed by atoms with E-state index in [0.717, 1.165) is 12.2 Å². The second-order valence-corrected chi connectivity index (χ2v) is 6.05. The fraction of sp³-hybridized carbons (Fsp3) is 0.412. The van der Waals surface area contributed by atoms with Gasteiger partial charge in [0.2, 0.25) is 5.91 Å². The SMILES string of the molecule is CNC(=O)Cn1ccc(NC(=O)N(CCN(C)C)Cc2ccccn2)n1. The molecule has 0 aliphatic rings. The van der Waals surface area contributed by atoms with Gasteiger partial charge in [0.25, 0.3) is 0 Å². The van der Waals surface area contributed by atoms with Crippen LogP contribution in [-0.4, -0.2) is 70.7 Å². The normalized spacial score (nSPS) is 10.6. The Morgan fingerprint density at radius 2 is 2.00 bits per heavy atom. The Morgan fingerprint density at radius 1 is 1.19 bits per heavy atom. The Bertz CT molecular complexity index is 715. The predicted molar refractivity (Wildman–Crippen MR) is 98.5 cm³/mol. The van der Waals surface area contributed by atoms with Crippen molar-refractivity contribution >= 4 is 17.8 Å². The van der Waals surface area contributed by atoms with E-state index in [0.29, 0.717) is 18.9 Å². The lowest BCUT2D eigenvalue weighted by molar-refractivity contribution is -0.121. The third-order valence-corrected chi connectivity index (χ3v) is 3.64. The molecule has 0 atom stereocenters. The van der Waals surface area contributed by atoms with Gasteiger partial charge in [-0.1, -0.05) is 6.07 Å². The fourth-order valence-corrected chi connectivity index (χ4v) is 2.19. The van der Waals surface area contributed by atoms with Crippen LogP contribution in [0.4, 0.5) is 10.6 Å². The van der Waals surface area contributed by atoms with Gasteiger partial charge in [-0.3, -0.25) is 19.8 Å². The third-order valence-electron chi connectivity index (χ3n) is 3.64. The molecule has 140 valence electrons. The van der Waals surface area contributed by atoms with Crippen molar-refractivity contribution in [3.05, 3.63) is 42.4 Å². The summed E-state index contributed by atoms with van der Waals surface area (Å²) in [5.41, 5.74) is 0.812. The molecule has 2 N–H and O–H groups in total. The number of nitrogens with zero attached hydrogens (tertiary/aromatic N) is 5. The summed E-state index contributed by atoms with van der Waals surface area (Å²) in [4.78, 5) is 32.0. The van der Waals surface area contributed by atoms with Crippen molar-refractivity contribution in [3.8, 4) is 0 Å². The van der Waals surface area contributed by atoms with E-state index in [2.05, 4.69) is 20.7 Å². The molecule has 0 saturated carbocycles. The molecule has 2 heterocycles. The zero-order chi connectivity index (χ0) is 18.9. The number of carbonyl (C=O) groups is 2. The lowest BCUT2D eigenvalue weighted by Crippen LogP contribution is -2.39. The van der Waals surface area contributed by atoms with Crippen molar-refractivity contribution in [1.29, 1.82) is 0 Å². The Morgan fingerprint density at radius 3 is 2.65 bits per heavy atom. The maximum Gasteiger partial charge on any atom is 0.323 e. The number of pyridine rings is 1. The zero-order valence-electron chi connectivity index (χ0n) is 15.3. The molecule has 0 radical (unpaired) electrons. The number of anilines is 1. The van der Waals surface area contributed by atoms with Gasteiger partial charge in [-0.2, -0.15) is 5.10 Å². The van der Waals surface area contributed by atoms with Gasteiger partial charge in [0.05, 0.1) is 12.2 Å². The minimum atomic E-state index is -0.261. The number of amides is 3. The van der Waals surface area contributed by atoms with E-state index in [9.17, 15) is 9.59 Å². The smallest absolute Gasteiger partial charge is 0.323 e. The number of nitrogens with one attached hydrogen (secondary N) is 2. The quantitative estimate of drug-likeness (QED) is 0.720. The summed E-state index contributed by atoms with van der Waals surface area (Å²) in [5.74, 6) is 0.239. The van der Waals surface area contributed by atoms with E-state index in [-0.39, 0.29) is 18.5 Å². The maximum absolute atomic E-state index is 12.7. The first-order valence-electron chi connectivity index (χ1n) is 8.32. The van der Waals surface area contributed by atoms with Crippen molar-refractivity contribution in [2.45, 2.75) is 13.1 Å². The van der Waals surface area contributed by atoms with Crippen LogP contribution >= 0.6 is 0 Å². The molecular formula is C17H25N7O2. The Balaban J connectivity index is 2.02. The van der Waals surface area contributed by atoms with E-state index in [1.807, 2.05) is 37.2 Å². The third kappa shape index (κ3) is 6.17. The summed E-state index contributed by atoms with van der Waals surface area (Å²) >= 11 is 0. The minimum absolute atomic E-state index is 0.102. The van der Waals surface area contributed by atoms with Crippen molar-refractivity contribution < 1.29 is 9.59 Å². The van der Waals surface area contributed by atoms with Gasteiger partial charge >= 0.3 is 6.03 Å². The average molecular weight is 359 g/mol. The standard InChI is InChI=1S/C17H25N7O2/c1-18-16(25)13-24-9-7-15(21-24)20-17(26)23(11-10-22(2)3)12-14-6-4-5-8-19-14/h4-9H,10-13H2,1-3H3,(H,18,25)(H,20,21,26). The van der Waals surface area contributed by atoms with E-state index in [1.54, 1.807) is 30.4 Å². The van der Waals surface area contributed by atoms with Gasteiger partial charge in [0.15, 0.2) is 5.82 Å². The monoisotopic (exact) mass is 359 g/mol. The van der Waals surface area contributed by atoms with Crippen molar-refractivity contribution in [3.63, 3.8) is 0 Å². The van der Waals surface area contributed by atoms with Gasteiger partial charge in [-0.25, -0.2) is 4.79 Å². The molecule has 0 saturated heterocycles. The largest absolute Gasteiger partial charge is 0.358 e. The first-order valence-corrected chi connectivity index (χ1v) is 8.32. The van der Waals surface area contributed by atoms with Gasteiger partial charge in [0.1, 0.15) is 6.54 Å². The topological polar surface area (TPSA) is 95.4 Å². The Kier molecular flexibility index (Phi) is 7.10. The molecule has 0 spiro atoms. The highest BCUT2D eigenvalue weighted by molar-refractivity contribution is 5.88. The molecular weight excluding hydrogens is 334 g/mol. The molecule has 3 amide bonds. The van der Waals surface area contributed by atoms with Crippen LogP contribution in [0.2, 0.25) is 0 Å². The highest BCUT2D eigenvalue weighted by atomic mass is 16.2. The second kappa shape index (κ2) is 9.52. The van der Waals surface area contributed by atoms with Crippen LogP contribution in [0.15, 0.2) is 36.7 Å². The molecule has 9 heteroatoms. The molecule has 0 aromatic carbocycles. The van der Waals surface area contributed by atoms with E-state index in [1.165, 1.54) is 4.68 Å². The highest BCUT2D eigenvalue weighted by Gasteiger charge is 2.16. The summed E-state index contributed by atoms with van der Waals surface area (Å²) < 4.78 is 1.47. The molecule has 0 unspecified atom stereocenters. The van der Waals surface area contributed by atoms with Crippen LogP contribution in [0.5, 0.6) is 0 Å². The van der Waals surface area contributed by atoms with Gasteiger partial charge in [0, 0.05) is 38.6 Å². The summed E-state index contributed by atoms with van der Waals surface area (Å²) in [7, 11) is 5.48. The van der Waals surface area contributed by atoms with Crippen molar-refractivity contribution in [1.82, 2.24) is 29.9 Å². The van der Waals surface area contributed by atoms with Gasteiger partial charge in [-0.05, 0) is 26.2 Å². The molecule has 0 bridgehead atoms. The minimum Gasteiger partial charge on any atom is -0.358 e. The highest BCUT2D eigenvalue weighted by Crippen LogP contribution is 2.07. The Labute approximate surface area is 153 Å². The number of hydrogen-bond donors (Lipinski definition) is 2. The van der Waals surface area contributed by atoms with Crippen LogP contribution in [-0.2, 0) is 17.9 Å². The molecule has 26 heavy (non-hydrogen) atoms. The summed E-state index contributed by atoms with van der Waals surface area (Å²) in [6, 6.07) is 7.01. The maximum atomic E-state index is 12.7. The molecule has 2 aromatic rings. The predicted octanol–water partition coefficient (Wildman–Crippen LogP) is 0.620. The number of hydrogen-bond acceptors (Lipinski definition) is 5. The van der Waals surface area contributed by atoms with Gasteiger partial charge < -0.3 is 15.1 Å². The molecule has 0 fully saturated rings. The van der Waals surface area contributed by atoms with Crippen LogP contribution in [0.3, 0.4) is 0 Å².